The quantitative estimate of drug-likeness (QED) is 0.783. The van der Waals surface area contributed by atoms with Crippen LogP contribution < -0.4 is 4.74 Å². The summed E-state index contributed by atoms with van der Waals surface area (Å²) in [7, 11) is 3.05. The lowest BCUT2D eigenvalue weighted by atomic mass is 9.91. The molecular formula is C17H18O3. The van der Waals surface area contributed by atoms with Crippen molar-refractivity contribution >= 4 is 5.97 Å². The summed E-state index contributed by atoms with van der Waals surface area (Å²) in [5, 5.41) is 0. The Morgan fingerprint density at radius 1 is 1.00 bits per heavy atom. The second kappa shape index (κ2) is 6.75. The summed E-state index contributed by atoms with van der Waals surface area (Å²) < 4.78 is 10.3. The van der Waals surface area contributed by atoms with E-state index in [0.717, 1.165) is 16.9 Å². The fraction of sp³-hybridized carbons (Fsp3) is 0.235. The number of ether oxygens (including phenoxy) is 2. The van der Waals surface area contributed by atoms with E-state index in [4.69, 9.17) is 9.47 Å². The van der Waals surface area contributed by atoms with Crippen LogP contribution in [0.15, 0.2) is 54.6 Å². The van der Waals surface area contributed by atoms with Crippen LogP contribution in [-0.4, -0.2) is 20.2 Å². The van der Waals surface area contributed by atoms with Gasteiger partial charge in [0.25, 0.3) is 0 Å². The molecule has 0 N–H and O–H groups in total. The molecule has 0 radical (unpaired) electrons. The van der Waals surface area contributed by atoms with Crippen molar-refractivity contribution in [3.8, 4) is 5.75 Å². The maximum Gasteiger partial charge on any atom is 0.313 e. The van der Waals surface area contributed by atoms with Gasteiger partial charge in [0.2, 0.25) is 0 Å². The summed E-state index contributed by atoms with van der Waals surface area (Å²) in [5.74, 6) is 0.233. The Morgan fingerprint density at radius 3 is 2.30 bits per heavy atom. The van der Waals surface area contributed by atoms with Crippen molar-refractivity contribution in [2.24, 2.45) is 0 Å². The van der Waals surface area contributed by atoms with Gasteiger partial charge in [0.15, 0.2) is 0 Å². The molecule has 104 valence electrons. The molecule has 2 aromatic rings. The lowest BCUT2D eigenvalue weighted by Crippen LogP contribution is -2.17. The smallest absolute Gasteiger partial charge is 0.313 e. The number of esters is 1. The van der Waals surface area contributed by atoms with Crippen molar-refractivity contribution in [3.63, 3.8) is 0 Å². The molecule has 2 aromatic carbocycles. The first-order valence-electron chi connectivity index (χ1n) is 6.51. The first-order valence-corrected chi connectivity index (χ1v) is 6.51. The van der Waals surface area contributed by atoms with Crippen molar-refractivity contribution in [1.29, 1.82) is 0 Å². The number of rotatable bonds is 5. The van der Waals surface area contributed by atoms with Crippen LogP contribution in [0.3, 0.4) is 0 Å². The van der Waals surface area contributed by atoms with Crippen LogP contribution in [-0.2, 0) is 16.0 Å². The molecule has 0 unspecified atom stereocenters. The van der Waals surface area contributed by atoms with E-state index in [1.165, 1.54) is 7.11 Å². The van der Waals surface area contributed by atoms with Gasteiger partial charge in [0, 0.05) is 0 Å². The second-order valence-electron chi connectivity index (χ2n) is 4.50. The zero-order chi connectivity index (χ0) is 14.4. The number of carbonyl (C=O) groups is 1. The molecule has 0 saturated carbocycles. The first kappa shape index (κ1) is 14.1. The Bertz CT molecular complexity index is 563. The molecule has 3 heteroatoms. The van der Waals surface area contributed by atoms with Crippen molar-refractivity contribution in [1.82, 2.24) is 0 Å². The minimum atomic E-state index is -0.322. The number of para-hydroxylation sites is 1. The maximum absolute atomic E-state index is 12.1. The van der Waals surface area contributed by atoms with E-state index in [0.29, 0.717) is 6.42 Å². The van der Waals surface area contributed by atoms with Gasteiger partial charge in [-0.1, -0.05) is 48.5 Å². The molecule has 0 amide bonds. The third kappa shape index (κ3) is 3.18. The van der Waals surface area contributed by atoms with E-state index >= 15 is 0 Å². The third-order valence-electron chi connectivity index (χ3n) is 3.30. The van der Waals surface area contributed by atoms with Gasteiger partial charge in [-0.15, -0.1) is 0 Å². The molecule has 0 aromatic heterocycles. The molecule has 0 bridgehead atoms. The number of hydrogen-bond acceptors (Lipinski definition) is 3. The van der Waals surface area contributed by atoms with Crippen LogP contribution in [0.25, 0.3) is 0 Å². The summed E-state index contributed by atoms with van der Waals surface area (Å²) in [5.41, 5.74) is 1.94. The van der Waals surface area contributed by atoms with Crippen LogP contribution >= 0.6 is 0 Å². The van der Waals surface area contributed by atoms with Gasteiger partial charge in [0.1, 0.15) is 5.75 Å². The molecule has 2 rings (SSSR count). The highest BCUT2D eigenvalue weighted by atomic mass is 16.5. The standard InChI is InChI=1S/C17H18O3/c1-19-16-11-7-6-10-14(16)12-15(17(18)20-2)13-8-4-3-5-9-13/h3-11,15H,12H2,1-2H3/t15-/m0/s1. The lowest BCUT2D eigenvalue weighted by Gasteiger charge is -2.16. The molecule has 3 nitrogen and oxygen atoms in total. The van der Waals surface area contributed by atoms with Crippen LogP contribution in [0.4, 0.5) is 0 Å². The van der Waals surface area contributed by atoms with Gasteiger partial charge >= 0.3 is 5.97 Å². The summed E-state index contributed by atoms with van der Waals surface area (Å²) in [6, 6.07) is 17.4. The first-order chi connectivity index (χ1) is 9.76. The molecule has 20 heavy (non-hydrogen) atoms. The zero-order valence-corrected chi connectivity index (χ0v) is 11.7. The fourth-order valence-electron chi connectivity index (χ4n) is 2.26. The number of methoxy groups -OCH3 is 2. The van der Waals surface area contributed by atoms with E-state index in [1.807, 2.05) is 54.6 Å². The zero-order valence-electron chi connectivity index (χ0n) is 11.7. The molecule has 0 aliphatic carbocycles. The monoisotopic (exact) mass is 270 g/mol. The summed E-state index contributed by atoms with van der Waals surface area (Å²) in [6.07, 6.45) is 0.556. The van der Waals surface area contributed by atoms with Gasteiger partial charge < -0.3 is 9.47 Å². The van der Waals surface area contributed by atoms with E-state index in [2.05, 4.69) is 0 Å². The molecule has 0 saturated heterocycles. The lowest BCUT2D eigenvalue weighted by molar-refractivity contribution is -0.142. The summed E-state index contributed by atoms with van der Waals surface area (Å²) in [6.45, 7) is 0. The van der Waals surface area contributed by atoms with Crippen LogP contribution in [0.2, 0.25) is 0 Å². The van der Waals surface area contributed by atoms with Gasteiger partial charge in [-0.25, -0.2) is 0 Å². The average Bonchev–Trinajstić information content (AvgIpc) is 2.53. The minimum Gasteiger partial charge on any atom is -0.496 e. The second-order valence-corrected chi connectivity index (χ2v) is 4.50. The summed E-state index contributed by atoms with van der Waals surface area (Å²) in [4.78, 5) is 12.1. The average molecular weight is 270 g/mol. The topological polar surface area (TPSA) is 35.5 Å². The van der Waals surface area contributed by atoms with Gasteiger partial charge in [-0.05, 0) is 23.6 Å². The molecule has 0 aliphatic rings. The molecule has 0 spiro atoms. The molecule has 0 fully saturated rings. The van der Waals surface area contributed by atoms with Crippen LogP contribution in [0.5, 0.6) is 5.75 Å². The van der Waals surface area contributed by atoms with Crippen molar-refractivity contribution in [3.05, 3.63) is 65.7 Å². The number of carbonyl (C=O) groups excluding carboxylic acids is 1. The van der Waals surface area contributed by atoms with Crippen LogP contribution in [0, 0.1) is 0 Å². The number of benzene rings is 2. The predicted molar refractivity (Wildman–Crippen MR) is 77.9 cm³/mol. The van der Waals surface area contributed by atoms with E-state index < -0.39 is 0 Å². The SMILES string of the molecule is COC(=O)[C@@H](Cc1ccccc1OC)c1ccccc1. The highest BCUT2D eigenvalue weighted by Gasteiger charge is 2.22. The Labute approximate surface area is 119 Å². The summed E-state index contributed by atoms with van der Waals surface area (Å²) >= 11 is 0. The molecule has 0 aliphatic heterocycles. The largest absolute Gasteiger partial charge is 0.496 e. The van der Waals surface area contributed by atoms with Gasteiger partial charge in [0.05, 0.1) is 20.1 Å². The Kier molecular flexibility index (Phi) is 4.77. The van der Waals surface area contributed by atoms with E-state index in [-0.39, 0.29) is 11.9 Å². The van der Waals surface area contributed by atoms with Crippen molar-refractivity contribution in [2.75, 3.05) is 14.2 Å². The number of hydrogen-bond donors (Lipinski definition) is 0. The Hall–Kier alpha value is -2.29. The molecule has 0 heterocycles. The van der Waals surface area contributed by atoms with Gasteiger partial charge in [-0.3, -0.25) is 4.79 Å². The van der Waals surface area contributed by atoms with E-state index in [9.17, 15) is 4.79 Å². The molecular weight excluding hydrogens is 252 g/mol. The van der Waals surface area contributed by atoms with E-state index in [1.54, 1.807) is 7.11 Å². The van der Waals surface area contributed by atoms with Crippen molar-refractivity contribution in [2.45, 2.75) is 12.3 Å². The fourth-order valence-corrected chi connectivity index (χ4v) is 2.26. The highest BCUT2D eigenvalue weighted by molar-refractivity contribution is 5.78. The Balaban J connectivity index is 2.31. The van der Waals surface area contributed by atoms with Crippen LogP contribution in [0.1, 0.15) is 17.0 Å². The Morgan fingerprint density at radius 2 is 1.65 bits per heavy atom. The van der Waals surface area contributed by atoms with Gasteiger partial charge in [-0.2, -0.15) is 0 Å². The normalized spacial score (nSPS) is 11.7. The molecule has 1 atom stereocenters. The predicted octanol–water partition coefficient (Wildman–Crippen LogP) is 3.19. The third-order valence-corrected chi connectivity index (χ3v) is 3.30. The minimum absolute atomic E-state index is 0.234. The highest BCUT2D eigenvalue weighted by Crippen LogP contribution is 2.27. The maximum atomic E-state index is 12.1. The van der Waals surface area contributed by atoms with Crippen molar-refractivity contribution < 1.29 is 14.3 Å².